The highest BCUT2D eigenvalue weighted by atomic mass is 79.9. The number of hydrogen-bond donors (Lipinski definition) is 1. The standard InChI is InChI=1S/C9H14BrNS/c1-7(2-3-11)4-9-5-8(10)6-12-9/h5-7H,2-4,11H2,1H3. The lowest BCUT2D eigenvalue weighted by Crippen LogP contribution is -2.07. The van der Waals surface area contributed by atoms with Crippen LogP contribution in [0.3, 0.4) is 0 Å². The Labute approximate surface area is 86.1 Å². The van der Waals surface area contributed by atoms with Crippen LogP contribution >= 0.6 is 27.3 Å². The molecule has 0 saturated carbocycles. The summed E-state index contributed by atoms with van der Waals surface area (Å²) >= 11 is 5.26. The van der Waals surface area contributed by atoms with Gasteiger partial charge in [0, 0.05) is 14.7 Å². The Morgan fingerprint density at radius 3 is 2.92 bits per heavy atom. The highest BCUT2D eigenvalue weighted by molar-refractivity contribution is 9.10. The summed E-state index contributed by atoms with van der Waals surface area (Å²) in [6, 6.07) is 2.19. The lowest BCUT2D eigenvalue weighted by atomic mass is 10.0. The zero-order valence-electron chi connectivity index (χ0n) is 7.22. The van der Waals surface area contributed by atoms with E-state index in [1.807, 2.05) is 11.3 Å². The maximum atomic E-state index is 5.48. The first-order valence-corrected chi connectivity index (χ1v) is 5.82. The molecule has 12 heavy (non-hydrogen) atoms. The monoisotopic (exact) mass is 247 g/mol. The van der Waals surface area contributed by atoms with Crippen molar-refractivity contribution in [3.8, 4) is 0 Å². The molecule has 0 fully saturated rings. The molecule has 0 bridgehead atoms. The van der Waals surface area contributed by atoms with Gasteiger partial charge in [-0.15, -0.1) is 11.3 Å². The fraction of sp³-hybridized carbons (Fsp3) is 0.556. The molecule has 0 radical (unpaired) electrons. The third kappa shape index (κ3) is 3.25. The van der Waals surface area contributed by atoms with Gasteiger partial charge in [0.1, 0.15) is 0 Å². The van der Waals surface area contributed by atoms with Gasteiger partial charge in [-0.25, -0.2) is 0 Å². The summed E-state index contributed by atoms with van der Waals surface area (Å²) in [4.78, 5) is 1.45. The molecule has 0 aromatic carbocycles. The first-order chi connectivity index (χ1) is 5.72. The number of hydrogen-bond acceptors (Lipinski definition) is 2. The zero-order valence-corrected chi connectivity index (χ0v) is 9.62. The van der Waals surface area contributed by atoms with Crippen molar-refractivity contribution in [2.75, 3.05) is 6.54 Å². The molecule has 1 heterocycles. The predicted molar refractivity (Wildman–Crippen MR) is 58.6 cm³/mol. The Kier molecular flexibility index (Phi) is 4.26. The van der Waals surface area contributed by atoms with Crippen LogP contribution in [0.4, 0.5) is 0 Å². The molecule has 1 aromatic rings. The largest absolute Gasteiger partial charge is 0.330 e. The van der Waals surface area contributed by atoms with Crippen LogP contribution in [0.25, 0.3) is 0 Å². The predicted octanol–water partition coefficient (Wildman–Crippen LogP) is 3.04. The van der Waals surface area contributed by atoms with Crippen LogP contribution in [0.15, 0.2) is 15.9 Å². The Hall–Kier alpha value is 0.140. The normalized spacial score (nSPS) is 13.2. The summed E-state index contributed by atoms with van der Waals surface area (Å²) in [7, 11) is 0. The van der Waals surface area contributed by atoms with E-state index in [1.54, 1.807) is 0 Å². The molecule has 1 unspecified atom stereocenters. The second-order valence-electron chi connectivity index (χ2n) is 3.12. The van der Waals surface area contributed by atoms with E-state index in [1.165, 1.54) is 9.35 Å². The first kappa shape index (κ1) is 10.2. The van der Waals surface area contributed by atoms with Crippen molar-refractivity contribution < 1.29 is 0 Å². The molecule has 1 aromatic heterocycles. The van der Waals surface area contributed by atoms with Crippen molar-refractivity contribution in [1.29, 1.82) is 0 Å². The maximum absolute atomic E-state index is 5.48. The Bertz CT molecular complexity index is 234. The summed E-state index contributed by atoms with van der Waals surface area (Å²) < 4.78 is 1.20. The van der Waals surface area contributed by atoms with Gasteiger partial charge in [0.2, 0.25) is 0 Å². The minimum absolute atomic E-state index is 0.709. The molecule has 3 heteroatoms. The average Bonchev–Trinajstić information content (AvgIpc) is 2.36. The van der Waals surface area contributed by atoms with E-state index in [9.17, 15) is 0 Å². The SMILES string of the molecule is CC(CCN)Cc1cc(Br)cs1. The van der Waals surface area contributed by atoms with Gasteiger partial charge in [0.15, 0.2) is 0 Å². The van der Waals surface area contributed by atoms with Crippen molar-refractivity contribution in [2.45, 2.75) is 19.8 Å². The molecular weight excluding hydrogens is 234 g/mol. The smallest absolute Gasteiger partial charge is 0.0285 e. The van der Waals surface area contributed by atoms with E-state index in [4.69, 9.17) is 5.73 Å². The molecule has 68 valence electrons. The lowest BCUT2D eigenvalue weighted by Gasteiger charge is -2.06. The Morgan fingerprint density at radius 2 is 2.42 bits per heavy atom. The molecule has 1 atom stereocenters. The van der Waals surface area contributed by atoms with Crippen LogP contribution in [0.5, 0.6) is 0 Å². The summed E-state index contributed by atoms with van der Waals surface area (Å²) in [5, 5.41) is 2.13. The first-order valence-electron chi connectivity index (χ1n) is 4.15. The van der Waals surface area contributed by atoms with Gasteiger partial charge >= 0.3 is 0 Å². The van der Waals surface area contributed by atoms with Crippen molar-refractivity contribution in [1.82, 2.24) is 0 Å². The third-order valence-electron chi connectivity index (χ3n) is 1.83. The van der Waals surface area contributed by atoms with E-state index in [0.717, 1.165) is 19.4 Å². The van der Waals surface area contributed by atoms with Crippen LogP contribution in [0, 0.1) is 5.92 Å². The van der Waals surface area contributed by atoms with Crippen molar-refractivity contribution in [3.05, 3.63) is 20.8 Å². The van der Waals surface area contributed by atoms with Gasteiger partial charge < -0.3 is 5.73 Å². The molecule has 0 aliphatic rings. The summed E-state index contributed by atoms with van der Waals surface area (Å²) in [5.74, 6) is 0.709. The molecule has 0 amide bonds. The van der Waals surface area contributed by atoms with Crippen molar-refractivity contribution in [3.63, 3.8) is 0 Å². The minimum atomic E-state index is 0.709. The van der Waals surface area contributed by atoms with Crippen LogP contribution in [0.1, 0.15) is 18.2 Å². The van der Waals surface area contributed by atoms with Crippen molar-refractivity contribution >= 4 is 27.3 Å². The van der Waals surface area contributed by atoms with E-state index >= 15 is 0 Å². The highest BCUT2D eigenvalue weighted by Gasteiger charge is 2.04. The molecule has 0 aliphatic heterocycles. The number of nitrogens with two attached hydrogens (primary N) is 1. The van der Waals surface area contributed by atoms with E-state index in [2.05, 4.69) is 34.3 Å². The molecule has 1 nitrogen and oxygen atoms in total. The Morgan fingerprint density at radius 1 is 1.67 bits per heavy atom. The summed E-state index contributed by atoms with van der Waals surface area (Å²) in [6.45, 7) is 3.05. The topological polar surface area (TPSA) is 26.0 Å². The number of rotatable bonds is 4. The maximum Gasteiger partial charge on any atom is 0.0285 e. The van der Waals surface area contributed by atoms with Crippen LogP contribution < -0.4 is 5.73 Å². The van der Waals surface area contributed by atoms with Crippen LogP contribution in [-0.2, 0) is 6.42 Å². The fourth-order valence-electron chi connectivity index (χ4n) is 1.19. The van der Waals surface area contributed by atoms with Gasteiger partial charge in [0.05, 0.1) is 0 Å². The summed E-state index contributed by atoms with van der Waals surface area (Å²) in [6.07, 6.45) is 2.28. The second-order valence-corrected chi connectivity index (χ2v) is 5.03. The molecule has 0 saturated heterocycles. The van der Waals surface area contributed by atoms with Gasteiger partial charge in [-0.3, -0.25) is 0 Å². The minimum Gasteiger partial charge on any atom is -0.330 e. The molecule has 1 rings (SSSR count). The molecule has 0 aliphatic carbocycles. The van der Waals surface area contributed by atoms with Gasteiger partial charge in [-0.05, 0) is 47.3 Å². The number of halogens is 1. The van der Waals surface area contributed by atoms with E-state index in [-0.39, 0.29) is 0 Å². The highest BCUT2D eigenvalue weighted by Crippen LogP contribution is 2.22. The fourth-order valence-corrected chi connectivity index (χ4v) is 2.81. The molecular formula is C9H14BrNS. The van der Waals surface area contributed by atoms with E-state index < -0.39 is 0 Å². The average molecular weight is 248 g/mol. The second kappa shape index (κ2) is 5.00. The number of thiophene rings is 1. The van der Waals surface area contributed by atoms with Gasteiger partial charge in [0.25, 0.3) is 0 Å². The quantitative estimate of drug-likeness (QED) is 0.870. The molecule has 0 spiro atoms. The third-order valence-corrected chi connectivity index (χ3v) is 3.55. The summed E-state index contributed by atoms with van der Waals surface area (Å²) in [5.41, 5.74) is 5.48. The van der Waals surface area contributed by atoms with Crippen LogP contribution in [-0.4, -0.2) is 6.54 Å². The zero-order chi connectivity index (χ0) is 8.97. The Balaban J connectivity index is 2.41. The van der Waals surface area contributed by atoms with Gasteiger partial charge in [-0.2, -0.15) is 0 Å². The van der Waals surface area contributed by atoms with E-state index in [0.29, 0.717) is 5.92 Å². The van der Waals surface area contributed by atoms with Crippen LogP contribution in [0.2, 0.25) is 0 Å². The molecule has 2 N–H and O–H groups in total. The lowest BCUT2D eigenvalue weighted by molar-refractivity contribution is 0.542. The van der Waals surface area contributed by atoms with Crippen molar-refractivity contribution in [2.24, 2.45) is 11.7 Å². The van der Waals surface area contributed by atoms with Gasteiger partial charge in [-0.1, -0.05) is 6.92 Å².